The number of rotatable bonds is 2. The van der Waals surface area contributed by atoms with Crippen LogP contribution in [0.3, 0.4) is 0 Å². The molecule has 3 heteroatoms. The molecule has 0 heterocycles. The Morgan fingerprint density at radius 1 is 0.882 bits per heavy atom. The van der Waals surface area contributed by atoms with Crippen molar-refractivity contribution in [3.8, 4) is 28.4 Å². The van der Waals surface area contributed by atoms with Gasteiger partial charge in [-0.1, -0.05) is 31.2 Å². The number of aromatic hydroxyl groups is 3. The lowest BCUT2D eigenvalue weighted by atomic mass is 10.0. The minimum absolute atomic E-state index is 0.133. The Labute approximate surface area is 99.6 Å². The fourth-order valence-corrected chi connectivity index (χ4v) is 1.80. The van der Waals surface area contributed by atoms with Crippen LogP contribution in [0.5, 0.6) is 17.2 Å². The monoisotopic (exact) mass is 230 g/mol. The fourth-order valence-electron chi connectivity index (χ4n) is 1.80. The number of hydrogen-bond donors (Lipinski definition) is 3. The van der Waals surface area contributed by atoms with Crippen LogP contribution in [0.1, 0.15) is 12.5 Å². The molecule has 0 spiro atoms. The number of phenolic OH excluding ortho intramolecular Hbond substituents is 3. The van der Waals surface area contributed by atoms with Crippen LogP contribution in [-0.4, -0.2) is 15.3 Å². The van der Waals surface area contributed by atoms with E-state index in [1.165, 1.54) is 17.7 Å². The Morgan fingerprint density at radius 3 is 1.88 bits per heavy atom. The molecule has 0 bridgehead atoms. The van der Waals surface area contributed by atoms with E-state index >= 15 is 0 Å². The molecule has 2 aromatic carbocycles. The fraction of sp³-hybridized carbons (Fsp3) is 0.143. The first-order valence-electron chi connectivity index (χ1n) is 5.46. The second-order valence-corrected chi connectivity index (χ2v) is 3.91. The standard InChI is InChI=1S/C14H14O3/c1-2-9-3-5-10(6-4-9)14-12(16)7-11(15)8-13(14)17/h3-8,15-17H,2H2,1H3. The van der Waals surface area contributed by atoms with Crippen molar-refractivity contribution in [3.05, 3.63) is 42.0 Å². The molecule has 0 saturated carbocycles. The summed E-state index contributed by atoms with van der Waals surface area (Å²) in [4.78, 5) is 0. The lowest BCUT2D eigenvalue weighted by Gasteiger charge is -2.08. The van der Waals surface area contributed by atoms with E-state index in [1.807, 2.05) is 24.3 Å². The molecule has 3 N–H and O–H groups in total. The average molecular weight is 230 g/mol. The van der Waals surface area contributed by atoms with Crippen LogP contribution in [0.4, 0.5) is 0 Å². The van der Waals surface area contributed by atoms with E-state index in [0.717, 1.165) is 12.0 Å². The van der Waals surface area contributed by atoms with E-state index in [2.05, 4.69) is 6.92 Å². The quantitative estimate of drug-likeness (QED) is 0.743. The smallest absolute Gasteiger partial charge is 0.130 e. The van der Waals surface area contributed by atoms with E-state index in [0.29, 0.717) is 5.56 Å². The molecule has 0 aliphatic rings. The van der Waals surface area contributed by atoms with Crippen molar-refractivity contribution in [2.45, 2.75) is 13.3 Å². The van der Waals surface area contributed by atoms with Crippen LogP contribution in [0, 0.1) is 0 Å². The van der Waals surface area contributed by atoms with E-state index in [4.69, 9.17) is 0 Å². The maximum absolute atomic E-state index is 9.73. The molecule has 17 heavy (non-hydrogen) atoms. The lowest BCUT2D eigenvalue weighted by molar-refractivity contribution is 0.430. The molecular weight excluding hydrogens is 216 g/mol. The number of benzene rings is 2. The molecule has 0 aliphatic heterocycles. The Bertz CT molecular complexity index is 507. The second kappa shape index (κ2) is 4.37. The van der Waals surface area contributed by atoms with Crippen LogP contribution >= 0.6 is 0 Å². The number of hydrogen-bond acceptors (Lipinski definition) is 3. The number of aryl methyl sites for hydroxylation is 1. The third-order valence-corrected chi connectivity index (χ3v) is 2.73. The minimum Gasteiger partial charge on any atom is -0.508 e. The predicted octanol–water partition coefficient (Wildman–Crippen LogP) is 3.03. The summed E-state index contributed by atoms with van der Waals surface area (Å²) in [7, 11) is 0. The number of phenols is 3. The van der Waals surface area contributed by atoms with Gasteiger partial charge in [-0.3, -0.25) is 0 Å². The topological polar surface area (TPSA) is 60.7 Å². The van der Waals surface area contributed by atoms with Gasteiger partial charge in [-0.15, -0.1) is 0 Å². The van der Waals surface area contributed by atoms with E-state index in [9.17, 15) is 15.3 Å². The largest absolute Gasteiger partial charge is 0.508 e. The first-order valence-corrected chi connectivity index (χ1v) is 5.46. The van der Waals surface area contributed by atoms with Gasteiger partial charge in [0.15, 0.2) is 0 Å². The molecule has 0 atom stereocenters. The molecule has 88 valence electrons. The maximum Gasteiger partial charge on any atom is 0.130 e. The third kappa shape index (κ3) is 2.18. The van der Waals surface area contributed by atoms with Crippen LogP contribution in [-0.2, 0) is 6.42 Å². The maximum atomic E-state index is 9.73. The van der Waals surface area contributed by atoms with Crippen molar-refractivity contribution >= 4 is 0 Å². The van der Waals surface area contributed by atoms with Crippen LogP contribution in [0.2, 0.25) is 0 Å². The summed E-state index contributed by atoms with van der Waals surface area (Å²) in [5, 5.41) is 28.7. The van der Waals surface area contributed by atoms with Crippen molar-refractivity contribution in [2.24, 2.45) is 0 Å². The summed E-state index contributed by atoms with van der Waals surface area (Å²) in [5.41, 5.74) is 2.24. The van der Waals surface area contributed by atoms with Gasteiger partial charge in [-0.25, -0.2) is 0 Å². The summed E-state index contributed by atoms with van der Waals surface area (Å²) in [5.74, 6) is -0.424. The van der Waals surface area contributed by atoms with Gasteiger partial charge in [0.1, 0.15) is 17.2 Å². The molecule has 2 rings (SSSR count). The summed E-state index contributed by atoms with van der Waals surface area (Å²) in [6.45, 7) is 2.06. The Balaban J connectivity index is 2.52. The van der Waals surface area contributed by atoms with E-state index in [1.54, 1.807) is 0 Å². The highest BCUT2D eigenvalue weighted by atomic mass is 16.3. The van der Waals surface area contributed by atoms with Gasteiger partial charge in [0.2, 0.25) is 0 Å². The van der Waals surface area contributed by atoms with Gasteiger partial charge in [0.05, 0.1) is 5.56 Å². The van der Waals surface area contributed by atoms with Crippen molar-refractivity contribution in [1.82, 2.24) is 0 Å². The molecule has 0 fully saturated rings. The molecular formula is C14H14O3. The van der Waals surface area contributed by atoms with Crippen molar-refractivity contribution in [2.75, 3.05) is 0 Å². The van der Waals surface area contributed by atoms with Gasteiger partial charge in [0, 0.05) is 12.1 Å². The van der Waals surface area contributed by atoms with Gasteiger partial charge in [0.25, 0.3) is 0 Å². The lowest BCUT2D eigenvalue weighted by Crippen LogP contribution is -1.83. The SMILES string of the molecule is CCc1ccc(-c2c(O)cc(O)cc2O)cc1. The normalized spacial score (nSPS) is 10.4. The highest BCUT2D eigenvalue weighted by Crippen LogP contribution is 2.40. The zero-order valence-electron chi connectivity index (χ0n) is 9.51. The molecule has 0 radical (unpaired) electrons. The van der Waals surface area contributed by atoms with Gasteiger partial charge in [-0.05, 0) is 17.5 Å². The Hall–Kier alpha value is -2.16. The van der Waals surface area contributed by atoms with Crippen molar-refractivity contribution in [3.63, 3.8) is 0 Å². The molecule has 0 saturated heterocycles. The third-order valence-electron chi connectivity index (χ3n) is 2.73. The first-order chi connectivity index (χ1) is 8.11. The van der Waals surface area contributed by atoms with Gasteiger partial charge in [-0.2, -0.15) is 0 Å². The van der Waals surface area contributed by atoms with Crippen LogP contribution in [0.15, 0.2) is 36.4 Å². The molecule has 3 nitrogen and oxygen atoms in total. The van der Waals surface area contributed by atoms with Crippen LogP contribution < -0.4 is 0 Å². The Kier molecular flexibility index (Phi) is 2.91. The zero-order valence-corrected chi connectivity index (χ0v) is 9.51. The predicted molar refractivity (Wildman–Crippen MR) is 66.3 cm³/mol. The zero-order chi connectivity index (χ0) is 12.4. The summed E-state index contributed by atoms with van der Waals surface area (Å²) >= 11 is 0. The van der Waals surface area contributed by atoms with Crippen LogP contribution in [0.25, 0.3) is 11.1 Å². The highest BCUT2D eigenvalue weighted by molar-refractivity contribution is 5.77. The highest BCUT2D eigenvalue weighted by Gasteiger charge is 2.11. The summed E-state index contributed by atoms with van der Waals surface area (Å²) in [6, 6.07) is 9.99. The molecule has 0 aromatic heterocycles. The van der Waals surface area contributed by atoms with E-state index in [-0.39, 0.29) is 17.2 Å². The Morgan fingerprint density at radius 2 is 1.41 bits per heavy atom. The van der Waals surface area contributed by atoms with Crippen molar-refractivity contribution in [1.29, 1.82) is 0 Å². The summed E-state index contributed by atoms with van der Waals surface area (Å²) in [6.07, 6.45) is 0.938. The van der Waals surface area contributed by atoms with Gasteiger partial charge < -0.3 is 15.3 Å². The van der Waals surface area contributed by atoms with E-state index < -0.39 is 0 Å². The molecule has 0 aliphatic carbocycles. The average Bonchev–Trinajstić information content (AvgIpc) is 2.28. The second-order valence-electron chi connectivity index (χ2n) is 3.91. The molecule has 2 aromatic rings. The molecule has 0 unspecified atom stereocenters. The first kappa shape index (κ1) is 11.3. The van der Waals surface area contributed by atoms with Crippen molar-refractivity contribution < 1.29 is 15.3 Å². The summed E-state index contributed by atoms with van der Waals surface area (Å²) < 4.78 is 0. The van der Waals surface area contributed by atoms with Gasteiger partial charge >= 0.3 is 0 Å². The molecule has 0 amide bonds. The minimum atomic E-state index is -0.158.